The van der Waals surface area contributed by atoms with E-state index in [1.165, 1.54) is 37.0 Å². The second-order valence-electron chi connectivity index (χ2n) is 5.79. The maximum Gasteiger partial charge on any atom is 0.108 e. The maximum absolute atomic E-state index is 5.53. The van der Waals surface area contributed by atoms with Gasteiger partial charge >= 0.3 is 0 Å². The number of nitrogens with one attached hydrogen (secondary N) is 1. The molecule has 16 heavy (non-hydrogen) atoms. The number of furan rings is 1. The van der Waals surface area contributed by atoms with E-state index in [2.05, 4.69) is 25.2 Å². The van der Waals surface area contributed by atoms with E-state index in [9.17, 15) is 0 Å². The lowest BCUT2D eigenvalue weighted by Crippen LogP contribution is -2.37. The highest BCUT2D eigenvalue weighted by Gasteiger charge is 2.43. The van der Waals surface area contributed by atoms with E-state index in [-0.39, 0.29) is 0 Å². The monoisotopic (exact) mass is 219 g/mol. The van der Waals surface area contributed by atoms with E-state index in [0.29, 0.717) is 17.5 Å². The van der Waals surface area contributed by atoms with Crippen molar-refractivity contribution >= 4 is 0 Å². The second-order valence-corrected chi connectivity index (χ2v) is 5.79. The first-order chi connectivity index (χ1) is 7.69. The molecule has 0 saturated heterocycles. The van der Waals surface area contributed by atoms with Crippen LogP contribution in [0.2, 0.25) is 0 Å². The zero-order valence-electron chi connectivity index (χ0n) is 10.3. The summed E-state index contributed by atoms with van der Waals surface area (Å²) in [4.78, 5) is 0. The summed E-state index contributed by atoms with van der Waals surface area (Å²) in [6, 6.07) is 3.29. The van der Waals surface area contributed by atoms with E-state index in [1.54, 1.807) is 0 Å². The van der Waals surface area contributed by atoms with E-state index >= 15 is 0 Å². The van der Waals surface area contributed by atoms with Crippen molar-refractivity contribution in [1.82, 2.24) is 5.32 Å². The van der Waals surface area contributed by atoms with Gasteiger partial charge in [-0.1, -0.05) is 6.92 Å². The predicted molar refractivity (Wildman–Crippen MR) is 64.3 cm³/mol. The number of rotatable bonds is 3. The fourth-order valence-corrected chi connectivity index (χ4v) is 2.79. The molecule has 1 heterocycles. The molecule has 1 fully saturated rings. The molecule has 0 aliphatic heterocycles. The Labute approximate surface area is 97.4 Å². The quantitative estimate of drug-likeness (QED) is 0.842. The molecule has 2 aliphatic rings. The van der Waals surface area contributed by atoms with E-state index < -0.39 is 0 Å². The van der Waals surface area contributed by atoms with Crippen LogP contribution in [0.3, 0.4) is 0 Å². The van der Waals surface area contributed by atoms with Gasteiger partial charge in [0.15, 0.2) is 0 Å². The Morgan fingerprint density at radius 2 is 2.31 bits per heavy atom. The summed E-state index contributed by atoms with van der Waals surface area (Å²) >= 11 is 0. The molecule has 1 N–H and O–H groups in total. The minimum atomic E-state index is 0.523. The summed E-state index contributed by atoms with van der Waals surface area (Å²) in [5.74, 6) is 1.21. The van der Waals surface area contributed by atoms with E-state index in [1.807, 2.05) is 6.26 Å². The molecule has 1 saturated carbocycles. The number of fused-ring (bicyclic) bond motifs is 1. The summed E-state index contributed by atoms with van der Waals surface area (Å²) in [5, 5.41) is 3.80. The van der Waals surface area contributed by atoms with Crippen molar-refractivity contribution in [3.63, 3.8) is 0 Å². The van der Waals surface area contributed by atoms with Crippen LogP contribution in [0.15, 0.2) is 16.7 Å². The molecule has 0 bridgehead atoms. The highest BCUT2D eigenvalue weighted by Crippen LogP contribution is 2.48. The molecule has 2 aliphatic carbocycles. The largest absolute Gasteiger partial charge is 0.469 e. The van der Waals surface area contributed by atoms with Crippen LogP contribution < -0.4 is 5.32 Å². The Hall–Kier alpha value is -0.760. The molecule has 2 atom stereocenters. The van der Waals surface area contributed by atoms with Crippen LogP contribution in [0.5, 0.6) is 0 Å². The van der Waals surface area contributed by atoms with Gasteiger partial charge in [0, 0.05) is 24.1 Å². The third-order valence-electron chi connectivity index (χ3n) is 4.59. The molecular formula is C14H21NO. The molecule has 88 valence electrons. The fraction of sp³-hybridized carbons (Fsp3) is 0.714. The fourth-order valence-electron chi connectivity index (χ4n) is 2.79. The van der Waals surface area contributed by atoms with Crippen molar-refractivity contribution in [2.24, 2.45) is 5.41 Å². The van der Waals surface area contributed by atoms with Crippen LogP contribution in [0, 0.1) is 5.41 Å². The third-order valence-corrected chi connectivity index (χ3v) is 4.59. The van der Waals surface area contributed by atoms with Crippen molar-refractivity contribution in [3.05, 3.63) is 23.7 Å². The van der Waals surface area contributed by atoms with Crippen LogP contribution in [0.4, 0.5) is 0 Å². The Morgan fingerprint density at radius 3 is 3.06 bits per heavy atom. The molecular weight excluding hydrogens is 198 g/mol. The van der Waals surface area contributed by atoms with Gasteiger partial charge in [-0.05, 0) is 44.1 Å². The Balaban J connectivity index is 1.73. The predicted octanol–water partition coefficient (Wildman–Crippen LogP) is 3.44. The average molecular weight is 219 g/mol. The van der Waals surface area contributed by atoms with Crippen LogP contribution in [-0.2, 0) is 6.42 Å². The van der Waals surface area contributed by atoms with Gasteiger partial charge in [0.25, 0.3) is 0 Å². The standard InChI is InChI=1S/C14H21NO/c1-10(14(2)7-8-14)15-12-4-3-5-13-11(12)6-9-16-13/h6,9-10,12,15H,3-5,7-8H2,1-2H3. The lowest BCUT2D eigenvalue weighted by molar-refractivity contribution is 0.314. The van der Waals surface area contributed by atoms with Gasteiger partial charge in [-0.15, -0.1) is 0 Å². The van der Waals surface area contributed by atoms with Crippen LogP contribution >= 0.6 is 0 Å². The van der Waals surface area contributed by atoms with Crippen molar-refractivity contribution < 1.29 is 4.42 Å². The molecule has 0 radical (unpaired) electrons. The van der Waals surface area contributed by atoms with Crippen LogP contribution in [0.1, 0.15) is 56.9 Å². The highest BCUT2D eigenvalue weighted by atomic mass is 16.3. The highest BCUT2D eigenvalue weighted by molar-refractivity contribution is 5.24. The molecule has 0 spiro atoms. The average Bonchev–Trinajstić information content (AvgIpc) is 2.85. The molecule has 2 nitrogen and oxygen atoms in total. The van der Waals surface area contributed by atoms with Crippen molar-refractivity contribution in [2.75, 3.05) is 0 Å². The van der Waals surface area contributed by atoms with Crippen molar-refractivity contribution in [3.8, 4) is 0 Å². The molecule has 0 aromatic carbocycles. The topological polar surface area (TPSA) is 25.2 Å². The summed E-state index contributed by atoms with van der Waals surface area (Å²) < 4.78 is 5.53. The van der Waals surface area contributed by atoms with Gasteiger partial charge < -0.3 is 9.73 Å². The molecule has 0 amide bonds. The van der Waals surface area contributed by atoms with Crippen LogP contribution in [-0.4, -0.2) is 6.04 Å². The van der Waals surface area contributed by atoms with E-state index in [4.69, 9.17) is 4.42 Å². The summed E-state index contributed by atoms with van der Waals surface area (Å²) in [6.45, 7) is 4.73. The molecule has 1 aromatic heterocycles. The Bertz CT molecular complexity index is 378. The smallest absolute Gasteiger partial charge is 0.108 e. The van der Waals surface area contributed by atoms with Gasteiger partial charge in [-0.3, -0.25) is 0 Å². The number of aryl methyl sites for hydroxylation is 1. The minimum absolute atomic E-state index is 0.523. The van der Waals surface area contributed by atoms with Crippen LogP contribution in [0.25, 0.3) is 0 Å². The van der Waals surface area contributed by atoms with Gasteiger partial charge in [0.2, 0.25) is 0 Å². The lowest BCUT2D eigenvalue weighted by Gasteiger charge is -2.29. The Kier molecular flexibility index (Phi) is 2.36. The number of hydrogen-bond acceptors (Lipinski definition) is 2. The van der Waals surface area contributed by atoms with Crippen molar-refractivity contribution in [1.29, 1.82) is 0 Å². The lowest BCUT2D eigenvalue weighted by atomic mass is 9.91. The molecule has 2 unspecified atom stereocenters. The molecule has 1 aromatic rings. The second kappa shape index (κ2) is 3.63. The first kappa shape index (κ1) is 10.4. The van der Waals surface area contributed by atoms with Gasteiger partial charge in [-0.2, -0.15) is 0 Å². The molecule has 3 rings (SSSR count). The third kappa shape index (κ3) is 1.69. The minimum Gasteiger partial charge on any atom is -0.469 e. The summed E-state index contributed by atoms with van der Waals surface area (Å²) in [6.07, 6.45) is 8.23. The number of hydrogen-bond donors (Lipinski definition) is 1. The zero-order chi connectivity index (χ0) is 11.2. The first-order valence-electron chi connectivity index (χ1n) is 6.51. The van der Waals surface area contributed by atoms with Crippen molar-refractivity contribution in [2.45, 2.75) is 58.0 Å². The molecule has 2 heteroatoms. The summed E-state index contributed by atoms with van der Waals surface area (Å²) in [7, 11) is 0. The van der Waals surface area contributed by atoms with Gasteiger partial charge in [0.05, 0.1) is 6.26 Å². The summed E-state index contributed by atoms with van der Waals surface area (Å²) in [5.41, 5.74) is 1.96. The Morgan fingerprint density at radius 1 is 1.50 bits per heavy atom. The van der Waals surface area contributed by atoms with Gasteiger partial charge in [0.1, 0.15) is 5.76 Å². The first-order valence-corrected chi connectivity index (χ1v) is 6.51. The zero-order valence-corrected chi connectivity index (χ0v) is 10.3. The normalized spacial score (nSPS) is 28.5. The SMILES string of the molecule is CC(NC1CCCc2occc21)C1(C)CC1. The van der Waals surface area contributed by atoms with Gasteiger partial charge in [-0.25, -0.2) is 0 Å². The van der Waals surface area contributed by atoms with E-state index in [0.717, 1.165) is 6.42 Å². The maximum atomic E-state index is 5.53.